The first kappa shape index (κ1) is 21.9. The number of amides is 1. The number of carbonyl (C=O) groups excluding carboxylic acids is 1. The van der Waals surface area contributed by atoms with Crippen LogP contribution in [-0.2, 0) is 19.1 Å². The van der Waals surface area contributed by atoms with Gasteiger partial charge in [0.1, 0.15) is 12.1 Å². The Morgan fingerprint density at radius 2 is 1.91 bits per heavy atom. The maximum atomic E-state index is 13.0. The van der Waals surface area contributed by atoms with Gasteiger partial charge in [0.05, 0.1) is 16.6 Å². The van der Waals surface area contributed by atoms with Crippen LogP contribution in [0.15, 0.2) is 54.9 Å². The molecule has 0 bridgehead atoms. The Kier molecular flexibility index (Phi) is 5.43. The number of hydrogen-bond donors (Lipinski definition) is 2. The molecule has 2 aromatic carbocycles. The average Bonchev–Trinajstić information content (AvgIpc) is 3.55. The van der Waals surface area contributed by atoms with Crippen molar-refractivity contribution in [3.05, 3.63) is 77.2 Å². The lowest BCUT2D eigenvalue weighted by molar-refractivity contribution is -0.137. The summed E-state index contributed by atoms with van der Waals surface area (Å²) < 4.78 is 40.8. The van der Waals surface area contributed by atoms with Crippen LogP contribution >= 0.6 is 0 Å². The van der Waals surface area contributed by atoms with Crippen LogP contribution in [0.3, 0.4) is 0 Å². The molecule has 0 spiro atoms. The summed E-state index contributed by atoms with van der Waals surface area (Å²) in [6.45, 7) is 0.778. The lowest BCUT2D eigenvalue weighted by Gasteiger charge is -2.10. The highest BCUT2D eigenvalue weighted by molar-refractivity contribution is 6.04. The minimum Gasteiger partial charge on any atom is -0.383 e. The van der Waals surface area contributed by atoms with Crippen molar-refractivity contribution in [1.29, 1.82) is 0 Å². The van der Waals surface area contributed by atoms with Gasteiger partial charge in [-0.25, -0.2) is 14.6 Å². The predicted octanol–water partition coefficient (Wildman–Crippen LogP) is 4.68. The number of benzene rings is 2. The largest absolute Gasteiger partial charge is 0.416 e. The molecular weight excluding hydrogens is 445 g/mol. The first-order chi connectivity index (χ1) is 16.3. The Bertz CT molecular complexity index is 1380. The number of anilines is 2. The Balaban J connectivity index is 1.38. The van der Waals surface area contributed by atoms with Gasteiger partial charge in [0, 0.05) is 24.2 Å². The number of hydrogen-bond acceptors (Lipinski definition) is 5. The van der Waals surface area contributed by atoms with Crippen molar-refractivity contribution in [2.24, 2.45) is 5.92 Å². The molecule has 1 aliphatic carbocycles. The van der Waals surface area contributed by atoms with E-state index in [4.69, 9.17) is 10.8 Å². The molecule has 1 amide bonds. The molecule has 0 aliphatic heterocycles. The molecule has 3 N–H and O–H groups in total. The molecule has 5 rings (SSSR count). The third-order valence-electron chi connectivity index (χ3n) is 5.77. The van der Waals surface area contributed by atoms with Gasteiger partial charge in [-0.1, -0.05) is 18.2 Å². The fourth-order valence-electron chi connectivity index (χ4n) is 3.89. The summed E-state index contributed by atoms with van der Waals surface area (Å²) in [6, 6.07) is 11.4. The van der Waals surface area contributed by atoms with E-state index in [0.29, 0.717) is 34.9 Å². The number of alkyl halides is 3. The fraction of sp³-hybridized carbons (Fsp3) is 0.250. The molecule has 0 saturated heterocycles. The quantitative estimate of drug-likeness (QED) is 0.430. The predicted molar refractivity (Wildman–Crippen MR) is 121 cm³/mol. The van der Waals surface area contributed by atoms with Gasteiger partial charge < -0.3 is 11.1 Å². The van der Waals surface area contributed by atoms with E-state index >= 15 is 0 Å². The smallest absolute Gasteiger partial charge is 0.383 e. The van der Waals surface area contributed by atoms with E-state index in [1.807, 2.05) is 10.7 Å². The van der Waals surface area contributed by atoms with Gasteiger partial charge in [0.15, 0.2) is 5.65 Å². The molecule has 2 aromatic heterocycles. The number of nitrogen functional groups attached to an aromatic ring is 1. The maximum Gasteiger partial charge on any atom is 0.416 e. The molecule has 4 aromatic rings. The minimum atomic E-state index is -4.52. The van der Waals surface area contributed by atoms with Crippen LogP contribution < -0.4 is 11.1 Å². The summed E-state index contributed by atoms with van der Waals surface area (Å²) in [4.78, 5) is 21.0. The van der Waals surface area contributed by atoms with Crippen LogP contribution in [0.4, 0.5) is 24.7 Å². The third kappa shape index (κ3) is 4.57. The van der Waals surface area contributed by atoms with Crippen LogP contribution in [0.2, 0.25) is 0 Å². The van der Waals surface area contributed by atoms with Crippen molar-refractivity contribution in [1.82, 2.24) is 19.7 Å². The number of nitrogens with two attached hydrogens (primary N) is 1. The second-order valence-electron chi connectivity index (χ2n) is 8.44. The zero-order chi connectivity index (χ0) is 23.9. The standard InChI is InChI=1S/C24H21F3N6O/c25-24(26,27)17-5-2-4-16(11-17)23(34)31-18-6-1-3-15(9-18)10-19-20-21(28)29-13-30-22(20)33(32-19)12-14-7-8-14/h1-6,9,11,13-14H,7-8,10,12H2,(H,31,34)(H2,28,29,30). The highest BCUT2D eigenvalue weighted by Crippen LogP contribution is 2.33. The van der Waals surface area contributed by atoms with E-state index in [1.54, 1.807) is 18.2 Å². The van der Waals surface area contributed by atoms with Gasteiger partial charge in [0.25, 0.3) is 5.91 Å². The number of nitrogens with one attached hydrogen (secondary N) is 1. The Hall–Kier alpha value is -3.95. The van der Waals surface area contributed by atoms with Gasteiger partial charge >= 0.3 is 6.18 Å². The van der Waals surface area contributed by atoms with Crippen LogP contribution in [0.1, 0.15) is 40.0 Å². The normalized spacial score (nSPS) is 13.9. The zero-order valence-corrected chi connectivity index (χ0v) is 18.0. The molecule has 0 atom stereocenters. The third-order valence-corrected chi connectivity index (χ3v) is 5.77. The second-order valence-corrected chi connectivity index (χ2v) is 8.44. The van der Waals surface area contributed by atoms with Gasteiger partial charge in [-0.2, -0.15) is 18.3 Å². The van der Waals surface area contributed by atoms with Crippen molar-refractivity contribution in [2.45, 2.75) is 32.0 Å². The zero-order valence-electron chi connectivity index (χ0n) is 18.0. The molecule has 2 heterocycles. The highest BCUT2D eigenvalue weighted by atomic mass is 19.4. The summed E-state index contributed by atoms with van der Waals surface area (Å²) in [5, 5.41) is 8.12. The molecule has 0 radical (unpaired) electrons. The van der Waals surface area contributed by atoms with Gasteiger partial charge in [-0.15, -0.1) is 0 Å². The Labute approximate surface area is 192 Å². The number of carbonyl (C=O) groups is 1. The van der Waals surface area contributed by atoms with Crippen LogP contribution in [0.5, 0.6) is 0 Å². The van der Waals surface area contributed by atoms with E-state index in [2.05, 4.69) is 15.3 Å². The summed E-state index contributed by atoms with van der Waals surface area (Å²) in [6.07, 6.45) is -0.321. The minimum absolute atomic E-state index is 0.0741. The summed E-state index contributed by atoms with van der Waals surface area (Å²) >= 11 is 0. The van der Waals surface area contributed by atoms with Gasteiger partial charge in [0.2, 0.25) is 0 Å². The number of rotatable bonds is 6. The molecule has 174 valence electrons. The molecule has 7 nitrogen and oxygen atoms in total. The van der Waals surface area contributed by atoms with E-state index in [1.165, 1.54) is 31.3 Å². The van der Waals surface area contributed by atoms with Crippen molar-refractivity contribution in [3.8, 4) is 0 Å². The number of nitrogens with zero attached hydrogens (tertiary/aromatic N) is 4. The Morgan fingerprint density at radius 1 is 1.12 bits per heavy atom. The first-order valence-corrected chi connectivity index (χ1v) is 10.8. The summed E-state index contributed by atoms with van der Waals surface area (Å²) in [5.74, 6) is 0.331. The van der Waals surface area contributed by atoms with E-state index < -0.39 is 17.6 Å². The number of halogens is 3. The maximum absolute atomic E-state index is 13.0. The number of aromatic nitrogens is 4. The Morgan fingerprint density at radius 3 is 2.68 bits per heavy atom. The summed E-state index contributed by atoms with van der Waals surface area (Å²) in [7, 11) is 0. The lowest BCUT2D eigenvalue weighted by Crippen LogP contribution is -2.14. The SMILES string of the molecule is Nc1ncnc2c1c(Cc1cccc(NC(=O)c3cccc(C(F)(F)F)c3)c1)nn2CC1CC1. The molecular formula is C24H21F3N6O. The monoisotopic (exact) mass is 466 g/mol. The van der Waals surface area contributed by atoms with Crippen LogP contribution in [0, 0.1) is 5.92 Å². The highest BCUT2D eigenvalue weighted by Gasteiger charge is 2.31. The molecule has 34 heavy (non-hydrogen) atoms. The van der Waals surface area contributed by atoms with E-state index in [9.17, 15) is 18.0 Å². The molecule has 1 fully saturated rings. The molecule has 0 unspecified atom stereocenters. The molecule has 1 saturated carbocycles. The fourth-order valence-corrected chi connectivity index (χ4v) is 3.89. The lowest BCUT2D eigenvalue weighted by atomic mass is 10.1. The molecule has 1 aliphatic rings. The van der Waals surface area contributed by atoms with E-state index in [-0.39, 0.29) is 5.56 Å². The number of fused-ring (bicyclic) bond motifs is 1. The van der Waals surface area contributed by atoms with E-state index in [0.717, 1.165) is 29.9 Å². The molecule has 10 heteroatoms. The van der Waals surface area contributed by atoms with Crippen LogP contribution in [0.25, 0.3) is 11.0 Å². The van der Waals surface area contributed by atoms with Crippen molar-refractivity contribution >= 4 is 28.4 Å². The van der Waals surface area contributed by atoms with Crippen molar-refractivity contribution in [2.75, 3.05) is 11.1 Å². The van der Waals surface area contributed by atoms with Gasteiger partial charge in [-0.05, 0) is 54.7 Å². The average molecular weight is 466 g/mol. The second kappa shape index (κ2) is 8.44. The van der Waals surface area contributed by atoms with Crippen molar-refractivity contribution < 1.29 is 18.0 Å². The summed E-state index contributed by atoms with van der Waals surface area (Å²) in [5.41, 5.74) is 7.93. The van der Waals surface area contributed by atoms with Crippen LogP contribution in [-0.4, -0.2) is 25.7 Å². The van der Waals surface area contributed by atoms with Gasteiger partial charge in [-0.3, -0.25) is 4.79 Å². The van der Waals surface area contributed by atoms with Crippen molar-refractivity contribution in [3.63, 3.8) is 0 Å². The topological polar surface area (TPSA) is 98.7 Å². The first-order valence-electron chi connectivity index (χ1n) is 10.8.